The predicted molar refractivity (Wildman–Crippen MR) is 61.9 cm³/mol. The molecule has 2 N–H and O–H groups in total. The van der Waals surface area contributed by atoms with Gasteiger partial charge in [0.25, 0.3) is 0 Å². The Bertz CT molecular complexity index is 452. The van der Waals surface area contributed by atoms with Crippen molar-refractivity contribution in [3.8, 4) is 11.5 Å². The standard InChI is InChI=1S/C12H14O6/c1-12(2,11(15)16)18-9-5-3-4-8(6-9)17-7-10(13)14/h3-6H,7H2,1-2H3,(H,13,14)(H,15,16). The highest BCUT2D eigenvalue weighted by Gasteiger charge is 2.29. The maximum atomic E-state index is 10.9. The first kappa shape index (κ1) is 13.8. The zero-order chi connectivity index (χ0) is 13.8. The van der Waals surface area contributed by atoms with Crippen LogP contribution in [0, 0.1) is 0 Å². The lowest BCUT2D eigenvalue weighted by molar-refractivity contribution is -0.152. The second kappa shape index (κ2) is 5.39. The van der Waals surface area contributed by atoms with E-state index < -0.39 is 24.1 Å². The summed E-state index contributed by atoms with van der Waals surface area (Å²) in [7, 11) is 0. The van der Waals surface area contributed by atoms with E-state index in [-0.39, 0.29) is 0 Å². The summed E-state index contributed by atoms with van der Waals surface area (Å²) < 4.78 is 10.2. The number of benzene rings is 1. The molecule has 1 rings (SSSR count). The fraction of sp³-hybridized carbons (Fsp3) is 0.333. The minimum absolute atomic E-state index is 0.297. The Labute approximate surface area is 104 Å². The van der Waals surface area contributed by atoms with E-state index in [0.717, 1.165) is 0 Å². The minimum Gasteiger partial charge on any atom is -0.482 e. The molecule has 0 aliphatic carbocycles. The Kier molecular flexibility index (Phi) is 4.14. The molecular formula is C12H14O6. The fourth-order valence-electron chi connectivity index (χ4n) is 1.11. The van der Waals surface area contributed by atoms with Gasteiger partial charge in [-0.25, -0.2) is 9.59 Å². The van der Waals surface area contributed by atoms with Gasteiger partial charge in [0.2, 0.25) is 0 Å². The number of rotatable bonds is 6. The highest BCUT2D eigenvalue weighted by atomic mass is 16.5. The Morgan fingerprint density at radius 1 is 1.22 bits per heavy atom. The smallest absolute Gasteiger partial charge is 0.347 e. The summed E-state index contributed by atoms with van der Waals surface area (Å²) in [6, 6.07) is 6.15. The van der Waals surface area contributed by atoms with Gasteiger partial charge in [-0.2, -0.15) is 0 Å². The van der Waals surface area contributed by atoms with E-state index >= 15 is 0 Å². The Morgan fingerprint density at radius 2 is 1.83 bits per heavy atom. The van der Waals surface area contributed by atoms with E-state index in [1.54, 1.807) is 18.2 Å². The summed E-state index contributed by atoms with van der Waals surface area (Å²) >= 11 is 0. The van der Waals surface area contributed by atoms with Crippen LogP contribution in [0.5, 0.6) is 11.5 Å². The highest BCUT2D eigenvalue weighted by Crippen LogP contribution is 2.23. The van der Waals surface area contributed by atoms with Gasteiger partial charge in [-0.1, -0.05) is 6.07 Å². The molecule has 0 aliphatic rings. The monoisotopic (exact) mass is 254 g/mol. The van der Waals surface area contributed by atoms with Crippen LogP contribution in [0.2, 0.25) is 0 Å². The van der Waals surface area contributed by atoms with Crippen molar-refractivity contribution in [1.29, 1.82) is 0 Å². The average Bonchev–Trinajstić information content (AvgIpc) is 2.26. The molecule has 0 aromatic heterocycles. The second-order valence-corrected chi connectivity index (χ2v) is 4.07. The number of ether oxygens (including phenoxy) is 2. The second-order valence-electron chi connectivity index (χ2n) is 4.07. The van der Waals surface area contributed by atoms with Crippen molar-refractivity contribution < 1.29 is 29.3 Å². The Balaban J connectivity index is 2.76. The normalized spacial score (nSPS) is 10.8. The Morgan fingerprint density at radius 3 is 2.39 bits per heavy atom. The number of carbonyl (C=O) groups is 2. The van der Waals surface area contributed by atoms with E-state index in [0.29, 0.717) is 11.5 Å². The van der Waals surface area contributed by atoms with E-state index in [1.807, 2.05) is 0 Å². The van der Waals surface area contributed by atoms with Gasteiger partial charge in [0.15, 0.2) is 12.2 Å². The summed E-state index contributed by atoms with van der Waals surface area (Å²) in [4.78, 5) is 21.2. The fourth-order valence-corrected chi connectivity index (χ4v) is 1.11. The van der Waals surface area contributed by atoms with Crippen LogP contribution in [0.4, 0.5) is 0 Å². The summed E-state index contributed by atoms with van der Waals surface area (Å²) in [6.45, 7) is 2.37. The molecule has 0 bridgehead atoms. The van der Waals surface area contributed by atoms with Crippen molar-refractivity contribution in [2.45, 2.75) is 19.4 Å². The van der Waals surface area contributed by atoms with Crippen LogP contribution in [0.3, 0.4) is 0 Å². The molecule has 6 heteroatoms. The van der Waals surface area contributed by atoms with E-state index in [2.05, 4.69) is 0 Å². The lowest BCUT2D eigenvalue weighted by atomic mass is 10.1. The number of carboxylic acids is 2. The van der Waals surface area contributed by atoms with Gasteiger partial charge in [0.1, 0.15) is 11.5 Å². The van der Waals surface area contributed by atoms with Crippen LogP contribution < -0.4 is 9.47 Å². The van der Waals surface area contributed by atoms with Crippen molar-refractivity contribution in [2.75, 3.05) is 6.61 Å². The number of hydrogen-bond donors (Lipinski definition) is 2. The molecule has 0 saturated carbocycles. The minimum atomic E-state index is -1.37. The van der Waals surface area contributed by atoms with Crippen molar-refractivity contribution in [3.63, 3.8) is 0 Å². The first-order valence-electron chi connectivity index (χ1n) is 5.18. The predicted octanol–water partition coefficient (Wildman–Crippen LogP) is 1.39. The lowest BCUT2D eigenvalue weighted by Crippen LogP contribution is -2.37. The molecule has 0 unspecified atom stereocenters. The van der Waals surface area contributed by atoms with Gasteiger partial charge in [-0.3, -0.25) is 0 Å². The highest BCUT2D eigenvalue weighted by molar-refractivity contribution is 5.76. The third kappa shape index (κ3) is 3.97. The molecule has 0 heterocycles. The third-order valence-corrected chi connectivity index (χ3v) is 2.06. The van der Waals surface area contributed by atoms with Gasteiger partial charge in [0.05, 0.1) is 0 Å². The van der Waals surface area contributed by atoms with Crippen molar-refractivity contribution in [3.05, 3.63) is 24.3 Å². The van der Waals surface area contributed by atoms with Gasteiger partial charge in [-0.15, -0.1) is 0 Å². The van der Waals surface area contributed by atoms with E-state index in [9.17, 15) is 9.59 Å². The largest absolute Gasteiger partial charge is 0.482 e. The van der Waals surface area contributed by atoms with E-state index in [4.69, 9.17) is 19.7 Å². The first-order chi connectivity index (χ1) is 8.31. The maximum Gasteiger partial charge on any atom is 0.347 e. The topological polar surface area (TPSA) is 93.1 Å². The molecule has 0 saturated heterocycles. The summed E-state index contributed by atoms with van der Waals surface area (Å²) in [5.41, 5.74) is -1.37. The molecular weight excluding hydrogens is 240 g/mol. The van der Waals surface area contributed by atoms with Gasteiger partial charge in [0, 0.05) is 6.07 Å². The summed E-state index contributed by atoms with van der Waals surface area (Å²) in [5, 5.41) is 17.4. The summed E-state index contributed by atoms with van der Waals surface area (Å²) in [5.74, 6) is -1.59. The molecule has 18 heavy (non-hydrogen) atoms. The quantitative estimate of drug-likeness (QED) is 0.796. The van der Waals surface area contributed by atoms with Crippen LogP contribution >= 0.6 is 0 Å². The zero-order valence-corrected chi connectivity index (χ0v) is 10.0. The Hall–Kier alpha value is -2.24. The summed E-state index contributed by atoms with van der Waals surface area (Å²) in [6.07, 6.45) is 0. The number of hydrogen-bond acceptors (Lipinski definition) is 4. The van der Waals surface area contributed by atoms with E-state index in [1.165, 1.54) is 19.9 Å². The lowest BCUT2D eigenvalue weighted by Gasteiger charge is -2.21. The molecule has 0 amide bonds. The molecule has 0 aliphatic heterocycles. The third-order valence-electron chi connectivity index (χ3n) is 2.06. The zero-order valence-electron chi connectivity index (χ0n) is 10.0. The molecule has 1 aromatic carbocycles. The molecule has 0 fully saturated rings. The van der Waals surface area contributed by atoms with Crippen molar-refractivity contribution in [1.82, 2.24) is 0 Å². The molecule has 98 valence electrons. The van der Waals surface area contributed by atoms with Gasteiger partial charge >= 0.3 is 11.9 Å². The molecule has 0 radical (unpaired) electrons. The number of carboxylic acid groups (broad SMARTS) is 2. The van der Waals surface area contributed by atoms with Gasteiger partial charge in [-0.05, 0) is 26.0 Å². The number of aliphatic carboxylic acids is 2. The average molecular weight is 254 g/mol. The van der Waals surface area contributed by atoms with Crippen LogP contribution in [0.15, 0.2) is 24.3 Å². The molecule has 6 nitrogen and oxygen atoms in total. The van der Waals surface area contributed by atoms with Crippen molar-refractivity contribution >= 4 is 11.9 Å². The first-order valence-corrected chi connectivity index (χ1v) is 5.18. The molecule has 0 atom stereocenters. The van der Waals surface area contributed by atoms with Crippen LogP contribution in [0.25, 0.3) is 0 Å². The van der Waals surface area contributed by atoms with Gasteiger partial charge < -0.3 is 19.7 Å². The van der Waals surface area contributed by atoms with Crippen LogP contribution in [-0.2, 0) is 9.59 Å². The molecule has 0 spiro atoms. The van der Waals surface area contributed by atoms with Crippen molar-refractivity contribution in [2.24, 2.45) is 0 Å². The molecule has 1 aromatic rings. The van der Waals surface area contributed by atoms with Crippen LogP contribution in [-0.4, -0.2) is 34.4 Å². The SMILES string of the molecule is CC(C)(Oc1cccc(OCC(=O)O)c1)C(=O)O. The van der Waals surface area contributed by atoms with Crippen LogP contribution in [0.1, 0.15) is 13.8 Å². The maximum absolute atomic E-state index is 10.9.